The first-order valence-electron chi connectivity index (χ1n) is 7.24. The predicted molar refractivity (Wildman–Crippen MR) is 86.1 cm³/mol. The van der Waals surface area contributed by atoms with E-state index >= 15 is 0 Å². The van der Waals surface area contributed by atoms with Crippen molar-refractivity contribution in [2.24, 2.45) is 0 Å². The van der Waals surface area contributed by atoms with Crippen LogP contribution in [0.1, 0.15) is 4.88 Å². The van der Waals surface area contributed by atoms with Gasteiger partial charge >= 0.3 is 5.76 Å². The Morgan fingerprint density at radius 3 is 2.83 bits per heavy atom. The van der Waals surface area contributed by atoms with E-state index in [1.165, 1.54) is 24.3 Å². The van der Waals surface area contributed by atoms with Gasteiger partial charge < -0.3 is 14.3 Å². The Kier molecular flexibility index (Phi) is 5.19. The summed E-state index contributed by atoms with van der Waals surface area (Å²) in [6.07, 6.45) is -0.895. The SMILES string of the molecule is O=c1oc(-c2ccc(F)cc2)nn1CC(O)COCc1cccs1. The molecule has 0 radical (unpaired) electrons. The van der Waals surface area contributed by atoms with Crippen molar-refractivity contribution < 1.29 is 18.7 Å². The Bertz CT molecular complexity index is 827. The van der Waals surface area contributed by atoms with Crippen molar-refractivity contribution in [3.05, 3.63) is 63.0 Å². The second-order valence-electron chi connectivity index (χ2n) is 5.11. The molecule has 0 saturated heterocycles. The maximum Gasteiger partial charge on any atom is 0.437 e. The molecule has 3 aromatic rings. The fraction of sp³-hybridized carbons (Fsp3) is 0.250. The zero-order valence-electron chi connectivity index (χ0n) is 12.6. The highest BCUT2D eigenvalue weighted by Gasteiger charge is 2.14. The van der Waals surface area contributed by atoms with E-state index in [-0.39, 0.29) is 24.9 Å². The van der Waals surface area contributed by atoms with Crippen molar-refractivity contribution in [1.82, 2.24) is 9.78 Å². The molecule has 0 aliphatic carbocycles. The molecule has 1 aromatic carbocycles. The minimum Gasteiger partial charge on any atom is -0.389 e. The molecule has 2 heterocycles. The number of rotatable bonds is 7. The minimum atomic E-state index is -0.895. The van der Waals surface area contributed by atoms with Crippen molar-refractivity contribution in [2.45, 2.75) is 19.3 Å². The van der Waals surface area contributed by atoms with Crippen LogP contribution in [0.3, 0.4) is 0 Å². The van der Waals surface area contributed by atoms with E-state index < -0.39 is 11.9 Å². The van der Waals surface area contributed by atoms with E-state index in [1.54, 1.807) is 11.3 Å². The lowest BCUT2D eigenvalue weighted by Gasteiger charge is -2.09. The van der Waals surface area contributed by atoms with Crippen molar-refractivity contribution >= 4 is 11.3 Å². The highest BCUT2D eigenvalue weighted by atomic mass is 32.1. The summed E-state index contributed by atoms with van der Waals surface area (Å²) in [5, 5.41) is 15.9. The van der Waals surface area contributed by atoms with Crippen LogP contribution in [-0.2, 0) is 17.9 Å². The maximum atomic E-state index is 12.9. The molecule has 3 rings (SSSR count). The lowest BCUT2D eigenvalue weighted by molar-refractivity contribution is 0.0187. The largest absolute Gasteiger partial charge is 0.437 e. The van der Waals surface area contributed by atoms with E-state index in [1.807, 2.05) is 17.5 Å². The molecule has 2 aromatic heterocycles. The Balaban J connectivity index is 1.58. The number of hydrogen-bond donors (Lipinski definition) is 1. The summed E-state index contributed by atoms with van der Waals surface area (Å²) in [5.41, 5.74) is 0.482. The standard InChI is InChI=1S/C16H15FN2O4S/c17-12-5-3-11(4-6-12)15-18-19(16(21)23-15)8-13(20)9-22-10-14-2-1-7-24-14/h1-7,13,20H,8-10H2. The van der Waals surface area contributed by atoms with Crippen molar-refractivity contribution in [3.8, 4) is 11.5 Å². The van der Waals surface area contributed by atoms with E-state index in [4.69, 9.17) is 9.15 Å². The van der Waals surface area contributed by atoms with Crippen LogP contribution in [0.2, 0.25) is 0 Å². The average molecular weight is 350 g/mol. The van der Waals surface area contributed by atoms with E-state index in [2.05, 4.69) is 5.10 Å². The van der Waals surface area contributed by atoms with Gasteiger partial charge in [-0.1, -0.05) is 6.07 Å². The molecule has 1 unspecified atom stereocenters. The summed E-state index contributed by atoms with van der Waals surface area (Å²) in [5.74, 6) is -1.00. The number of nitrogens with zero attached hydrogens (tertiary/aromatic N) is 2. The second kappa shape index (κ2) is 7.52. The normalized spacial score (nSPS) is 12.4. The fourth-order valence-corrected chi connectivity index (χ4v) is 2.71. The molecule has 0 saturated carbocycles. The molecule has 0 spiro atoms. The summed E-state index contributed by atoms with van der Waals surface area (Å²) in [6.45, 7) is 0.431. The number of halogens is 1. The van der Waals surface area contributed by atoms with Crippen LogP contribution >= 0.6 is 11.3 Å². The third-order valence-electron chi connectivity index (χ3n) is 3.22. The molecule has 0 aliphatic rings. The Morgan fingerprint density at radius 2 is 2.12 bits per heavy atom. The van der Waals surface area contributed by atoms with Crippen molar-refractivity contribution in [1.29, 1.82) is 0 Å². The third kappa shape index (κ3) is 4.16. The molecule has 8 heteroatoms. The Morgan fingerprint density at radius 1 is 1.33 bits per heavy atom. The Hall–Kier alpha value is -2.29. The highest BCUT2D eigenvalue weighted by Crippen LogP contribution is 2.15. The number of aliphatic hydroxyl groups is 1. The van der Waals surface area contributed by atoms with Gasteiger partial charge in [0.05, 0.1) is 25.9 Å². The monoisotopic (exact) mass is 350 g/mol. The smallest absolute Gasteiger partial charge is 0.389 e. The van der Waals surface area contributed by atoms with Gasteiger partial charge in [-0.2, -0.15) is 4.68 Å². The molecule has 6 nitrogen and oxygen atoms in total. The van der Waals surface area contributed by atoms with E-state index in [9.17, 15) is 14.3 Å². The van der Waals surface area contributed by atoms with Gasteiger partial charge in [0, 0.05) is 10.4 Å². The van der Waals surface area contributed by atoms with Crippen molar-refractivity contribution in [3.63, 3.8) is 0 Å². The fourth-order valence-electron chi connectivity index (χ4n) is 2.07. The van der Waals surface area contributed by atoms with Gasteiger partial charge in [0.15, 0.2) is 0 Å². The second-order valence-corrected chi connectivity index (χ2v) is 6.14. The summed E-state index contributed by atoms with van der Waals surface area (Å²) < 4.78 is 24.4. The lowest BCUT2D eigenvalue weighted by atomic mass is 10.2. The van der Waals surface area contributed by atoms with Crippen LogP contribution in [-0.4, -0.2) is 27.6 Å². The molecule has 126 valence electrons. The molecule has 0 aliphatic heterocycles. The maximum absolute atomic E-state index is 12.9. The molecule has 0 fully saturated rings. The predicted octanol–water partition coefficient (Wildman–Crippen LogP) is 2.28. The van der Waals surface area contributed by atoms with Crippen LogP contribution < -0.4 is 5.76 Å². The first kappa shape index (κ1) is 16.6. The van der Waals surface area contributed by atoms with Gasteiger partial charge in [0.2, 0.25) is 5.89 Å². The number of hydrogen-bond acceptors (Lipinski definition) is 6. The van der Waals surface area contributed by atoms with Gasteiger partial charge in [-0.3, -0.25) is 0 Å². The molecule has 1 N–H and O–H groups in total. The summed E-state index contributed by atoms with van der Waals surface area (Å²) in [6, 6.07) is 9.29. The van der Waals surface area contributed by atoms with Crippen LogP contribution in [0.4, 0.5) is 4.39 Å². The average Bonchev–Trinajstić information content (AvgIpc) is 3.19. The highest BCUT2D eigenvalue weighted by molar-refractivity contribution is 7.09. The third-order valence-corrected chi connectivity index (χ3v) is 4.07. The molecule has 0 amide bonds. The van der Waals surface area contributed by atoms with E-state index in [0.29, 0.717) is 12.2 Å². The van der Waals surface area contributed by atoms with Gasteiger partial charge in [0.25, 0.3) is 0 Å². The summed E-state index contributed by atoms with van der Waals surface area (Å²) in [7, 11) is 0. The van der Waals surface area contributed by atoms with E-state index in [0.717, 1.165) is 9.56 Å². The number of benzene rings is 1. The topological polar surface area (TPSA) is 77.5 Å². The lowest BCUT2D eigenvalue weighted by Crippen LogP contribution is -2.27. The van der Waals surface area contributed by atoms with Gasteiger partial charge in [-0.05, 0) is 35.7 Å². The number of thiophene rings is 1. The zero-order valence-corrected chi connectivity index (χ0v) is 13.4. The van der Waals surface area contributed by atoms with Gasteiger partial charge in [-0.25, -0.2) is 9.18 Å². The number of aromatic nitrogens is 2. The van der Waals surface area contributed by atoms with Crippen LogP contribution in [0, 0.1) is 5.82 Å². The summed E-state index contributed by atoms with van der Waals surface area (Å²) in [4.78, 5) is 12.8. The van der Waals surface area contributed by atoms with Crippen molar-refractivity contribution in [2.75, 3.05) is 6.61 Å². The first-order chi connectivity index (χ1) is 11.6. The van der Waals surface area contributed by atoms with Crippen LogP contribution in [0.15, 0.2) is 51.0 Å². The minimum absolute atomic E-state index is 0.0477. The number of aliphatic hydroxyl groups excluding tert-OH is 1. The molecular weight excluding hydrogens is 335 g/mol. The molecule has 24 heavy (non-hydrogen) atoms. The van der Waals surface area contributed by atoms with Gasteiger partial charge in [0.1, 0.15) is 5.82 Å². The first-order valence-corrected chi connectivity index (χ1v) is 8.12. The summed E-state index contributed by atoms with van der Waals surface area (Å²) >= 11 is 1.57. The van der Waals surface area contributed by atoms with Crippen LogP contribution in [0.25, 0.3) is 11.5 Å². The molecular formula is C16H15FN2O4S. The number of ether oxygens (including phenoxy) is 1. The quantitative estimate of drug-likeness (QED) is 0.707. The Labute approximate surface area is 140 Å². The zero-order chi connectivity index (χ0) is 16.9. The van der Waals surface area contributed by atoms with Gasteiger partial charge in [-0.15, -0.1) is 16.4 Å². The molecule has 0 bridgehead atoms. The molecule has 1 atom stereocenters. The van der Waals surface area contributed by atoms with Crippen LogP contribution in [0.5, 0.6) is 0 Å².